The number of fused-ring (bicyclic) bond motifs is 1. The summed E-state index contributed by atoms with van der Waals surface area (Å²) in [4.78, 5) is 14.6. The van der Waals surface area contributed by atoms with Crippen LogP contribution in [-0.2, 0) is 9.53 Å². The maximum absolute atomic E-state index is 11.5. The molecule has 2 atom stereocenters. The van der Waals surface area contributed by atoms with Crippen molar-refractivity contribution in [1.29, 1.82) is 0 Å². The van der Waals surface area contributed by atoms with Gasteiger partial charge in [0.25, 0.3) is 0 Å². The van der Waals surface area contributed by atoms with Crippen molar-refractivity contribution >= 4 is 16.9 Å². The fourth-order valence-electron chi connectivity index (χ4n) is 2.19. The molecule has 5 heteroatoms. The van der Waals surface area contributed by atoms with Crippen molar-refractivity contribution in [2.45, 2.75) is 26.1 Å². The summed E-state index contributed by atoms with van der Waals surface area (Å²) in [5.41, 5.74) is 2.10. The number of carbonyl (C=O) groups is 1. The van der Waals surface area contributed by atoms with Gasteiger partial charge in [0.15, 0.2) is 6.10 Å². The molecule has 2 unspecified atom stereocenters. The zero-order valence-corrected chi connectivity index (χ0v) is 10.9. The van der Waals surface area contributed by atoms with E-state index in [1.165, 1.54) is 0 Å². The number of carbonyl (C=O) groups excluding carboxylic acids is 1. The average Bonchev–Trinajstić information content (AvgIpc) is 2.73. The maximum atomic E-state index is 11.5. The molecule has 1 aromatic heterocycles. The molecule has 2 aromatic rings. The van der Waals surface area contributed by atoms with Gasteiger partial charge in [-0.25, -0.2) is 4.79 Å². The summed E-state index contributed by atoms with van der Waals surface area (Å²) in [6, 6.07) is 7.41. The molecule has 0 spiro atoms. The Kier molecular flexibility index (Phi) is 3.87. The summed E-state index contributed by atoms with van der Waals surface area (Å²) in [6.07, 6.45) is -2.90. The molecule has 3 N–H and O–H groups in total. The van der Waals surface area contributed by atoms with E-state index in [9.17, 15) is 15.0 Å². The number of rotatable bonds is 4. The van der Waals surface area contributed by atoms with Crippen LogP contribution in [0.25, 0.3) is 10.9 Å². The summed E-state index contributed by atoms with van der Waals surface area (Å²) in [5, 5.41) is 20.8. The zero-order chi connectivity index (χ0) is 14.0. The van der Waals surface area contributed by atoms with Gasteiger partial charge in [-0.1, -0.05) is 18.2 Å². The third-order valence-corrected chi connectivity index (χ3v) is 3.07. The van der Waals surface area contributed by atoms with Gasteiger partial charge in [-0.05, 0) is 19.9 Å². The molecule has 0 amide bonds. The molecular weight excluding hydrogens is 246 g/mol. The lowest BCUT2D eigenvalue weighted by Crippen LogP contribution is -2.30. The topological polar surface area (TPSA) is 82.6 Å². The second-order valence-electron chi connectivity index (χ2n) is 4.35. The number of aliphatic hydroxyl groups is 2. The summed E-state index contributed by atoms with van der Waals surface area (Å²) in [5.74, 6) is -0.820. The Labute approximate surface area is 110 Å². The highest BCUT2D eigenvalue weighted by molar-refractivity contribution is 5.86. The van der Waals surface area contributed by atoms with Crippen molar-refractivity contribution in [2.75, 3.05) is 6.61 Å². The van der Waals surface area contributed by atoms with Crippen LogP contribution >= 0.6 is 0 Å². The molecule has 19 heavy (non-hydrogen) atoms. The average molecular weight is 263 g/mol. The standard InChI is InChI=1S/C14H17NO4/c1-3-19-14(18)13(17)12(16)11-8(2)15-10-7-5-4-6-9(10)11/h4-7,12-13,15-17H,3H2,1-2H3. The smallest absolute Gasteiger partial charge is 0.338 e. The Morgan fingerprint density at radius 2 is 2.05 bits per heavy atom. The van der Waals surface area contributed by atoms with Gasteiger partial charge in [-0.2, -0.15) is 0 Å². The van der Waals surface area contributed by atoms with E-state index in [2.05, 4.69) is 4.98 Å². The predicted molar refractivity (Wildman–Crippen MR) is 70.6 cm³/mol. The summed E-state index contributed by atoms with van der Waals surface area (Å²) in [6.45, 7) is 3.60. The number of benzene rings is 1. The first-order chi connectivity index (χ1) is 9.06. The molecule has 1 aromatic carbocycles. The first-order valence-corrected chi connectivity index (χ1v) is 6.16. The van der Waals surface area contributed by atoms with Gasteiger partial charge < -0.3 is 19.9 Å². The number of ether oxygens (including phenoxy) is 1. The van der Waals surface area contributed by atoms with Gasteiger partial charge in [0, 0.05) is 22.2 Å². The lowest BCUT2D eigenvalue weighted by atomic mass is 10.0. The normalized spacial score (nSPS) is 14.3. The summed E-state index contributed by atoms with van der Waals surface area (Å²) in [7, 11) is 0. The molecule has 2 rings (SSSR count). The van der Waals surface area contributed by atoms with E-state index in [1.807, 2.05) is 24.3 Å². The second-order valence-corrected chi connectivity index (χ2v) is 4.35. The van der Waals surface area contributed by atoms with Crippen molar-refractivity contribution in [3.05, 3.63) is 35.5 Å². The van der Waals surface area contributed by atoms with E-state index < -0.39 is 18.2 Å². The van der Waals surface area contributed by atoms with Crippen molar-refractivity contribution < 1.29 is 19.7 Å². The third kappa shape index (κ3) is 2.47. The highest BCUT2D eigenvalue weighted by Gasteiger charge is 2.30. The van der Waals surface area contributed by atoms with Gasteiger partial charge in [0.2, 0.25) is 0 Å². The summed E-state index contributed by atoms with van der Waals surface area (Å²) < 4.78 is 4.72. The number of esters is 1. The maximum Gasteiger partial charge on any atom is 0.338 e. The van der Waals surface area contributed by atoms with Gasteiger partial charge in [-0.15, -0.1) is 0 Å². The molecule has 0 saturated heterocycles. The van der Waals surface area contributed by atoms with Gasteiger partial charge in [0.05, 0.1) is 6.61 Å². The Morgan fingerprint density at radius 3 is 2.74 bits per heavy atom. The number of aliphatic hydroxyl groups excluding tert-OH is 2. The minimum atomic E-state index is -1.59. The first kappa shape index (κ1) is 13.6. The van der Waals surface area contributed by atoms with Gasteiger partial charge in [0.1, 0.15) is 6.10 Å². The van der Waals surface area contributed by atoms with Crippen LogP contribution < -0.4 is 0 Å². The van der Waals surface area contributed by atoms with Crippen LogP contribution in [0.4, 0.5) is 0 Å². The van der Waals surface area contributed by atoms with Crippen LogP contribution in [0.2, 0.25) is 0 Å². The van der Waals surface area contributed by atoms with E-state index in [0.717, 1.165) is 16.6 Å². The molecule has 0 aliphatic carbocycles. The van der Waals surface area contributed by atoms with E-state index in [0.29, 0.717) is 5.56 Å². The van der Waals surface area contributed by atoms with E-state index in [1.54, 1.807) is 13.8 Å². The number of H-pyrrole nitrogens is 1. The number of para-hydroxylation sites is 1. The number of aromatic nitrogens is 1. The SMILES string of the molecule is CCOC(=O)C(O)C(O)c1c(C)[nH]c2ccccc12. The van der Waals surface area contributed by atoms with E-state index in [4.69, 9.17) is 4.74 Å². The molecule has 0 fully saturated rings. The van der Waals surface area contributed by atoms with E-state index in [-0.39, 0.29) is 6.61 Å². The highest BCUT2D eigenvalue weighted by Crippen LogP contribution is 2.29. The summed E-state index contributed by atoms with van der Waals surface area (Å²) >= 11 is 0. The van der Waals surface area contributed by atoms with Crippen LogP contribution in [0.1, 0.15) is 24.3 Å². The van der Waals surface area contributed by atoms with Gasteiger partial charge >= 0.3 is 5.97 Å². The Hall–Kier alpha value is -1.85. The minimum Gasteiger partial charge on any atom is -0.464 e. The first-order valence-electron chi connectivity index (χ1n) is 6.16. The van der Waals surface area contributed by atoms with Crippen LogP contribution in [0.3, 0.4) is 0 Å². The van der Waals surface area contributed by atoms with Crippen LogP contribution in [0, 0.1) is 6.92 Å². The molecule has 0 aliphatic heterocycles. The van der Waals surface area contributed by atoms with E-state index >= 15 is 0 Å². The van der Waals surface area contributed by atoms with Gasteiger partial charge in [-0.3, -0.25) is 0 Å². The van der Waals surface area contributed by atoms with Crippen molar-refractivity contribution in [3.63, 3.8) is 0 Å². The van der Waals surface area contributed by atoms with Crippen molar-refractivity contribution in [2.24, 2.45) is 0 Å². The Balaban J connectivity index is 2.38. The molecule has 0 bridgehead atoms. The van der Waals surface area contributed by atoms with Crippen molar-refractivity contribution in [3.8, 4) is 0 Å². The molecule has 5 nitrogen and oxygen atoms in total. The number of hydrogen-bond acceptors (Lipinski definition) is 4. The molecule has 0 saturated carbocycles. The third-order valence-electron chi connectivity index (χ3n) is 3.07. The fourth-order valence-corrected chi connectivity index (χ4v) is 2.19. The number of aryl methyl sites for hydroxylation is 1. The highest BCUT2D eigenvalue weighted by atomic mass is 16.5. The number of hydrogen-bond donors (Lipinski definition) is 3. The number of nitrogens with one attached hydrogen (secondary N) is 1. The minimum absolute atomic E-state index is 0.162. The number of aromatic amines is 1. The molecular formula is C14H17NO4. The zero-order valence-electron chi connectivity index (χ0n) is 10.9. The largest absolute Gasteiger partial charge is 0.464 e. The van der Waals surface area contributed by atoms with Crippen molar-refractivity contribution in [1.82, 2.24) is 4.98 Å². The predicted octanol–water partition coefficient (Wildman–Crippen LogP) is 1.43. The molecule has 102 valence electrons. The molecule has 1 heterocycles. The Bertz CT molecular complexity index is 590. The van der Waals surface area contributed by atoms with Crippen LogP contribution in [0.15, 0.2) is 24.3 Å². The lowest BCUT2D eigenvalue weighted by molar-refractivity contribution is -0.159. The Morgan fingerprint density at radius 1 is 1.37 bits per heavy atom. The quantitative estimate of drug-likeness (QED) is 0.729. The fraction of sp³-hybridized carbons (Fsp3) is 0.357. The second kappa shape index (κ2) is 5.42. The molecule has 0 aliphatic rings. The van der Waals surface area contributed by atoms with Crippen LogP contribution in [-0.4, -0.2) is 33.9 Å². The monoisotopic (exact) mass is 263 g/mol. The van der Waals surface area contributed by atoms with Crippen LogP contribution in [0.5, 0.6) is 0 Å². The molecule has 0 radical (unpaired) electrons. The lowest BCUT2D eigenvalue weighted by Gasteiger charge is -2.17.